The maximum absolute atomic E-state index is 12.4. The van der Waals surface area contributed by atoms with E-state index in [1.807, 2.05) is 38.1 Å². The number of halogens is 1. The summed E-state index contributed by atoms with van der Waals surface area (Å²) in [5.41, 5.74) is 17.9. The Morgan fingerprint density at radius 1 is 0.759 bits per heavy atom. The number of nitrogens with zero attached hydrogens (tertiary/aromatic N) is 2. The summed E-state index contributed by atoms with van der Waals surface area (Å²) in [6.45, 7) is 3.78. The van der Waals surface area contributed by atoms with Crippen LogP contribution in [-0.4, -0.2) is 16.0 Å². The molecule has 0 bridgehead atoms. The normalized spacial score (nSPS) is 10.6. The minimum absolute atomic E-state index is 0. The lowest BCUT2D eigenvalue weighted by Crippen LogP contribution is -2.19. The Bertz CT molecular complexity index is 1150. The van der Waals surface area contributed by atoms with E-state index in [4.69, 9.17) is 11.5 Å². The van der Waals surface area contributed by atoms with Crippen molar-refractivity contribution in [3.63, 3.8) is 0 Å². The Labute approximate surface area is 173 Å². The molecule has 148 valence electrons. The highest BCUT2D eigenvalue weighted by Gasteiger charge is 2.08. The zero-order chi connectivity index (χ0) is 19.8. The van der Waals surface area contributed by atoms with Crippen LogP contribution in [-0.2, 0) is 0 Å². The number of nitrogen functional groups attached to an aromatic ring is 2. The molecule has 0 aliphatic rings. The van der Waals surface area contributed by atoms with Crippen LogP contribution in [0.5, 0.6) is 0 Å². The van der Waals surface area contributed by atoms with E-state index in [1.165, 1.54) is 0 Å². The fourth-order valence-electron chi connectivity index (χ4n) is 3.23. The van der Waals surface area contributed by atoms with E-state index in [0.717, 1.165) is 33.2 Å². The lowest BCUT2D eigenvalue weighted by atomic mass is 10.1. The number of nitrogens with one attached hydrogen (secondary N) is 2. The summed E-state index contributed by atoms with van der Waals surface area (Å²) in [6, 6.07) is 14.1. The number of pyridine rings is 2. The number of hydrogen-bond acceptors (Lipinski definition) is 5. The van der Waals surface area contributed by atoms with Crippen LogP contribution in [0, 0.1) is 13.8 Å². The summed E-state index contributed by atoms with van der Waals surface area (Å²) in [5, 5.41) is 7.22. The molecule has 0 atom stereocenters. The second-order valence-corrected chi connectivity index (χ2v) is 6.75. The van der Waals surface area contributed by atoms with E-state index in [1.54, 1.807) is 24.3 Å². The van der Waals surface area contributed by atoms with Gasteiger partial charge in [-0.25, -0.2) is 4.79 Å². The number of carbonyl (C=O) groups is 1. The molecule has 29 heavy (non-hydrogen) atoms. The number of hydrogen-bond donors (Lipinski definition) is 4. The van der Waals surface area contributed by atoms with E-state index in [2.05, 4.69) is 20.6 Å². The van der Waals surface area contributed by atoms with Crippen LogP contribution in [0.25, 0.3) is 21.8 Å². The molecule has 0 saturated heterocycles. The third-order valence-corrected chi connectivity index (χ3v) is 4.45. The summed E-state index contributed by atoms with van der Waals surface area (Å²) < 4.78 is 0. The zero-order valence-electron chi connectivity index (χ0n) is 16.0. The van der Waals surface area contributed by atoms with Gasteiger partial charge in [-0.05, 0) is 62.4 Å². The first-order valence-corrected chi connectivity index (χ1v) is 8.81. The first-order valence-electron chi connectivity index (χ1n) is 8.81. The Hall–Kier alpha value is -3.58. The second kappa shape index (κ2) is 7.81. The number of nitrogens with two attached hydrogens (primary N) is 2. The largest absolute Gasteiger partial charge is 0.398 e. The van der Waals surface area contributed by atoms with Gasteiger partial charge in [-0.15, -0.1) is 12.4 Å². The average molecular weight is 409 g/mol. The molecule has 2 amide bonds. The van der Waals surface area contributed by atoms with Crippen LogP contribution in [0.3, 0.4) is 0 Å². The lowest BCUT2D eigenvalue weighted by Gasteiger charge is -2.11. The molecule has 4 aromatic rings. The number of anilines is 4. The molecule has 7 nitrogen and oxygen atoms in total. The van der Waals surface area contributed by atoms with Gasteiger partial charge in [-0.1, -0.05) is 0 Å². The van der Waals surface area contributed by atoms with E-state index in [-0.39, 0.29) is 18.4 Å². The van der Waals surface area contributed by atoms with E-state index >= 15 is 0 Å². The van der Waals surface area contributed by atoms with Gasteiger partial charge in [0.2, 0.25) is 0 Å². The van der Waals surface area contributed by atoms with Gasteiger partial charge >= 0.3 is 6.03 Å². The van der Waals surface area contributed by atoms with Crippen LogP contribution in [0.4, 0.5) is 27.5 Å². The highest BCUT2D eigenvalue weighted by molar-refractivity contribution is 6.03. The first kappa shape index (κ1) is 20.2. The zero-order valence-corrected chi connectivity index (χ0v) is 16.8. The minimum atomic E-state index is -0.365. The third kappa shape index (κ3) is 4.14. The standard InChI is InChI=1S/C21H20N6O.ClH/c1-11-7-17(22)15-9-13(3-5-19(15)24-11)26-21(28)27-14-4-6-20-16(10-14)18(23)8-12(2)25-20;/h3-10H,1-2H3,(H2,22,24)(H2,23,25)(H2,26,27,28);1H. The molecule has 0 saturated carbocycles. The quantitative estimate of drug-likeness (QED) is 0.385. The second-order valence-electron chi connectivity index (χ2n) is 6.75. The van der Waals surface area contributed by atoms with Gasteiger partial charge in [0.25, 0.3) is 0 Å². The summed E-state index contributed by atoms with van der Waals surface area (Å²) in [6.07, 6.45) is 0. The SMILES string of the molecule is Cc1cc(N)c2cc(NC(=O)Nc3ccc4nc(C)cc(N)c4c3)ccc2n1.Cl. The Morgan fingerprint density at radius 2 is 1.17 bits per heavy atom. The van der Waals surface area contributed by atoms with Gasteiger partial charge in [0.15, 0.2) is 0 Å². The molecular formula is C21H21ClN6O. The molecule has 0 fully saturated rings. The molecule has 0 unspecified atom stereocenters. The Kier molecular flexibility index (Phi) is 5.43. The summed E-state index contributed by atoms with van der Waals surface area (Å²) in [7, 11) is 0. The van der Waals surface area contributed by atoms with Gasteiger partial charge < -0.3 is 22.1 Å². The van der Waals surface area contributed by atoms with Gasteiger partial charge in [-0.2, -0.15) is 0 Å². The molecule has 8 heteroatoms. The third-order valence-electron chi connectivity index (χ3n) is 4.45. The molecule has 0 spiro atoms. The van der Waals surface area contributed by atoms with Crippen molar-refractivity contribution < 1.29 is 4.79 Å². The first-order chi connectivity index (χ1) is 13.4. The van der Waals surface area contributed by atoms with Crippen molar-refractivity contribution in [2.45, 2.75) is 13.8 Å². The van der Waals surface area contributed by atoms with Crippen LogP contribution in [0.15, 0.2) is 48.5 Å². The van der Waals surface area contributed by atoms with Crippen LogP contribution >= 0.6 is 12.4 Å². The smallest absolute Gasteiger partial charge is 0.323 e. The molecular weight excluding hydrogens is 388 g/mol. The van der Waals surface area contributed by atoms with Gasteiger partial charge in [-0.3, -0.25) is 9.97 Å². The van der Waals surface area contributed by atoms with Crippen LogP contribution in [0.2, 0.25) is 0 Å². The fourth-order valence-corrected chi connectivity index (χ4v) is 3.23. The maximum atomic E-state index is 12.4. The van der Waals surface area contributed by atoms with Crippen molar-refractivity contribution in [2.24, 2.45) is 0 Å². The molecule has 4 rings (SSSR count). The van der Waals surface area contributed by atoms with E-state index in [9.17, 15) is 4.79 Å². The number of fused-ring (bicyclic) bond motifs is 2. The molecule has 6 N–H and O–H groups in total. The predicted molar refractivity (Wildman–Crippen MR) is 122 cm³/mol. The van der Waals surface area contributed by atoms with Crippen molar-refractivity contribution in [1.29, 1.82) is 0 Å². The molecule has 0 aliphatic heterocycles. The number of amides is 2. The molecule has 0 aliphatic carbocycles. The molecule has 2 heterocycles. The van der Waals surface area contributed by atoms with Gasteiger partial charge in [0.05, 0.1) is 11.0 Å². The molecule has 0 radical (unpaired) electrons. The summed E-state index contributed by atoms with van der Waals surface area (Å²) >= 11 is 0. The van der Waals surface area contributed by atoms with Crippen molar-refractivity contribution >= 4 is 63.0 Å². The highest BCUT2D eigenvalue weighted by Crippen LogP contribution is 2.26. The summed E-state index contributed by atoms with van der Waals surface area (Å²) in [5.74, 6) is 0. The number of aryl methyl sites for hydroxylation is 2. The van der Waals surface area contributed by atoms with Crippen molar-refractivity contribution in [3.8, 4) is 0 Å². The van der Waals surface area contributed by atoms with Crippen molar-refractivity contribution in [2.75, 3.05) is 22.1 Å². The Morgan fingerprint density at radius 3 is 1.59 bits per heavy atom. The van der Waals surface area contributed by atoms with Crippen molar-refractivity contribution in [1.82, 2.24) is 9.97 Å². The lowest BCUT2D eigenvalue weighted by molar-refractivity contribution is 0.262. The highest BCUT2D eigenvalue weighted by atomic mass is 35.5. The maximum Gasteiger partial charge on any atom is 0.323 e. The van der Waals surface area contributed by atoms with Gasteiger partial charge in [0, 0.05) is 44.9 Å². The summed E-state index contributed by atoms with van der Waals surface area (Å²) in [4.78, 5) is 21.3. The molecule has 2 aromatic carbocycles. The monoisotopic (exact) mass is 408 g/mol. The van der Waals surface area contributed by atoms with Crippen LogP contribution in [0.1, 0.15) is 11.4 Å². The minimum Gasteiger partial charge on any atom is -0.398 e. The molecule has 2 aromatic heterocycles. The Balaban J connectivity index is 0.00000240. The van der Waals surface area contributed by atoms with E-state index < -0.39 is 0 Å². The average Bonchev–Trinajstić information content (AvgIpc) is 2.62. The number of benzene rings is 2. The predicted octanol–water partition coefficient (Wildman–Crippen LogP) is 4.63. The topological polar surface area (TPSA) is 119 Å². The number of rotatable bonds is 2. The van der Waals surface area contributed by atoms with Crippen LogP contribution < -0.4 is 22.1 Å². The van der Waals surface area contributed by atoms with Gasteiger partial charge in [0.1, 0.15) is 0 Å². The van der Waals surface area contributed by atoms with Crippen molar-refractivity contribution in [3.05, 3.63) is 59.9 Å². The number of aromatic nitrogens is 2. The number of urea groups is 1. The fraction of sp³-hybridized carbons (Fsp3) is 0.0952. The van der Waals surface area contributed by atoms with E-state index in [0.29, 0.717) is 22.7 Å². The number of carbonyl (C=O) groups excluding carboxylic acids is 1.